The minimum Gasteiger partial charge on any atom is -0.472 e. The van der Waals surface area contributed by atoms with E-state index in [0.29, 0.717) is 30.6 Å². The maximum atomic E-state index is 12.3. The van der Waals surface area contributed by atoms with E-state index in [4.69, 9.17) is 8.94 Å². The van der Waals surface area contributed by atoms with Crippen LogP contribution in [-0.2, 0) is 11.2 Å². The van der Waals surface area contributed by atoms with Gasteiger partial charge >= 0.3 is 0 Å². The number of amides is 1. The molecule has 1 amide bonds. The van der Waals surface area contributed by atoms with Crippen molar-refractivity contribution in [2.75, 3.05) is 20.1 Å². The van der Waals surface area contributed by atoms with E-state index in [0.717, 1.165) is 31.5 Å². The van der Waals surface area contributed by atoms with Gasteiger partial charge in [0.2, 0.25) is 17.6 Å². The number of aryl methyl sites for hydroxylation is 1. The Balaban J connectivity index is 1.55. The van der Waals surface area contributed by atoms with Gasteiger partial charge in [-0.2, -0.15) is 4.98 Å². The molecule has 7 heteroatoms. The van der Waals surface area contributed by atoms with Crippen LogP contribution in [0.15, 0.2) is 27.5 Å². The fraction of sp³-hybridized carbons (Fsp3) is 0.533. The number of nitrogens with zero attached hydrogens (tertiary/aromatic N) is 3. The molecule has 0 aromatic carbocycles. The van der Waals surface area contributed by atoms with Crippen molar-refractivity contribution in [2.45, 2.75) is 31.7 Å². The molecule has 2 aromatic heterocycles. The molecule has 1 atom stereocenters. The molecule has 1 saturated heterocycles. The van der Waals surface area contributed by atoms with Crippen LogP contribution in [0.5, 0.6) is 0 Å². The van der Waals surface area contributed by atoms with Crippen molar-refractivity contribution in [1.29, 1.82) is 0 Å². The summed E-state index contributed by atoms with van der Waals surface area (Å²) in [5.74, 6) is 1.13. The minimum absolute atomic E-state index is 0.154. The highest BCUT2D eigenvalue weighted by atomic mass is 16.5. The Labute approximate surface area is 128 Å². The summed E-state index contributed by atoms with van der Waals surface area (Å²) in [6.45, 7) is 1.69. The molecule has 1 fully saturated rings. The molecule has 0 spiro atoms. The summed E-state index contributed by atoms with van der Waals surface area (Å²) in [7, 11) is 1.91. The summed E-state index contributed by atoms with van der Waals surface area (Å²) >= 11 is 0. The maximum Gasteiger partial charge on any atom is 0.227 e. The third-order valence-corrected chi connectivity index (χ3v) is 3.94. The third kappa shape index (κ3) is 3.19. The van der Waals surface area contributed by atoms with Crippen LogP contribution in [0.3, 0.4) is 0 Å². The summed E-state index contributed by atoms with van der Waals surface area (Å²) in [4.78, 5) is 18.6. The van der Waals surface area contributed by atoms with Crippen molar-refractivity contribution in [3.8, 4) is 11.4 Å². The number of nitrogens with one attached hydrogen (secondary N) is 1. The normalized spacial score (nSPS) is 18.0. The van der Waals surface area contributed by atoms with Crippen molar-refractivity contribution < 1.29 is 13.7 Å². The van der Waals surface area contributed by atoms with Gasteiger partial charge in [-0.15, -0.1) is 0 Å². The lowest BCUT2D eigenvalue weighted by molar-refractivity contribution is -0.132. The van der Waals surface area contributed by atoms with Gasteiger partial charge in [-0.25, -0.2) is 0 Å². The predicted molar refractivity (Wildman–Crippen MR) is 79.0 cm³/mol. The zero-order chi connectivity index (χ0) is 15.4. The maximum absolute atomic E-state index is 12.3. The Kier molecular flexibility index (Phi) is 4.53. The van der Waals surface area contributed by atoms with E-state index in [1.54, 1.807) is 18.6 Å². The Morgan fingerprint density at radius 3 is 3.23 bits per heavy atom. The van der Waals surface area contributed by atoms with E-state index in [-0.39, 0.29) is 5.91 Å². The Morgan fingerprint density at radius 1 is 1.55 bits per heavy atom. The van der Waals surface area contributed by atoms with Gasteiger partial charge < -0.3 is 19.2 Å². The van der Waals surface area contributed by atoms with Gasteiger partial charge in [0, 0.05) is 32.0 Å². The summed E-state index contributed by atoms with van der Waals surface area (Å²) < 4.78 is 10.2. The van der Waals surface area contributed by atoms with Gasteiger partial charge in [0.15, 0.2) is 0 Å². The van der Waals surface area contributed by atoms with Crippen molar-refractivity contribution in [2.24, 2.45) is 0 Å². The molecular formula is C15H20N4O3. The largest absolute Gasteiger partial charge is 0.472 e. The molecule has 3 rings (SSSR count). The zero-order valence-electron chi connectivity index (χ0n) is 12.6. The first-order chi connectivity index (χ1) is 10.8. The minimum atomic E-state index is 0.154. The van der Waals surface area contributed by atoms with E-state index in [1.807, 2.05) is 11.9 Å². The molecule has 0 aliphatic carbocycles. The number of carbonyl (C=O) groups is 1. The smallest absolute Gasteiger partial charge is 0.227 e. The monoisotopic (exact) mass is 304 g/mol. The first-order valence-corrected chi connectivity index (χ1v) is 7.57. The zero-order valence-corrected chi connectivity index (χ0v) is 12.6. The van der Waals surface area contributed by atoms with Crippen LogP contribution < -0.4 is 5.32 Å². The number of aromatic nitrogens is 2. The molecule has 1 unspecified atom stereocenters. The van der Waals surface area contributed by atoms with Crippen molar-refractivity contribution >= 4 is 5.91 Å². The number of likely N-dealkylation sites (tertiary alicyclic amines) is 1. The standard InChI is InChI=1S/C15H20N4O3/c1-16-9-12-3-2-7-19(12)14(20)5-4-13-17-15(18-22-13)11-6-8-21-10-11/h6,8,10,12,16H,2-5,7,9H2,1H3. The highest BCUT2D eigenvalue weighted by Gasteiger charge is 2.27. The van der Waals surface area contributed by atoms with E-state index in [1.165, 1.54) is 0 Å². The van der Waals surface area contributed by atoms with Gasteiger partial charge in [-0.3, -0.25) is 4.79 Å². The first-order valence-electron chi connectivity index (χ1n) is 7.57. The summed E-state index contributed by atoms with van der Waals surface area (Å²) in [5, 5.41) is 7.04. The van der Waals surface area contributed by atoms with Crippen molar-refractivity contribution in [3.05, 3.63) is 24.5 Å². The second-order valence-electron chi connectivity index (χ2n) is 5.46. The molecule has 0 radical (unpaired) electrons. The van der Waals surface area contributed by atoms with Crippen LogP contribution in [0.25, 0.3) is 11.4 Å². The molecule has 22 heavy (non-hydrogen) atoms. The van der Waals surface area contributed by atoms with Gasteiger partial charge in [0.1, 0.15) is 6.26 Å². The van der Waals surface area contributed by atoms with Crippen LogP contribution in [0.1, 0.15) is 25.2 Å². The topological polar surface area (TPSA) is 84.4 Å². The number of carbonyl (C=O) groups excluding carboxylic acids is 1. The van der Waals surface area contributed by atoms with Crippen molar-refractivity contribution in [3.63, 3.8) is 0 Å². The quantitative estimate of drug-likeness (QED) is 0.870. The number of furan rings is 1. The average molecular weight is 304 g/mol. The molecule has 1 N–H and O–H groups in total. The molecule has 1 aliphatic rings. The van der Waals surface area contributed by atoms with E-state index in [9.17, 15) is 4.79 Å². The second kappa shape index (κ2) is 6.74. The molecule has 3 heterocycles. The van der Waals surface area contributed by atoms with E-state index in [2.05, 4.69) is 15.5 Å². The highest BCUT2D eigenvalue weighted by Crippen LogP contribution is 2.19. The first kappa shape index (κ1) is 14.8. The van der Waals surface area contributed by atoms with E-state index >= 15 is 0 Å². The lowest BCUT2D eigenvalue weighted by Gasteiger charge is -2.24. The van der Waals surface area contributed by atoms with Crippen LogP contribution in [-0.4, -0.2) is 47.1 Å². The predicted octanol–water partition coefficient (Wildman–Crippen LogP) is 1.47. The fourth-order valence-electron chi connectivity index (χ4n) is 2.83. The Morgan fingerprint density at radius 2 is 2.45 bits per heavy atom. The molecule has 7 nitrogen and oxygen atoms in total. The second-order valence-corrected chi connectivity index (χ2v) is 5.46. The highest BCUT2D eigenvalue weighted by molar-refractivity contribution is 5.77. The van der Waals surface area contributed by atoms with Crippen LogP contribution >= 0.6 is 0 Å². The molecule has 2 aromatic rings. The Hall–Kier alpha value is -2.15. The molecule has 0 bridgehead atoms. The molecule has 0 saturated carbocycles. The number of likely N-dealkylation sites (N-methyl/N-ethyl adjacent to an activating group) is 1. The summed E-state index contributed by atoms with van der Waals surface area (Å²) in [5.41, 5.74) is 0.773. The van der Waals surface area contributed by atoms with Crippen LogP contribution in [0.2, 0.25) is 0 Å². The lowest BCUT2D eigenvalue weighted by Crippen LogP contribution is -2.40. The molecule has 1 aliphatic heterocycles. The molecular weight excluding hydrogens is 284 g/mol. The van der Waals surface area contributed by atoms with Gasteiger partial charge in [-0.05, 0) is 26.0 Å². The number of hydrogen-bond acceptors (Lipinski definition) is 6. The van der Waals surface area contributed by atoms with Gasteiger partial charge in [0.05, 0.1) is 11.8 Å². The number of hydrogen-bond donors (Lipinski definition) is 1. The SMILES string of the molecule is CNCC1CCCN1C(=O)CCc1nc(-c2ccoc2)no1. The summed E-state index contributed by atoms with van der Waals surface area (Å²) in [6, 6.07) is 2.08. The fourth-order valence-corrected chi connectivity index (χ4v) is 2.83. The summed E-state index contributed by atoms with van der Waals surface area (Å²) in [6.07, 6.45) is 6.12. The molecule has 118 valence electrons. The van der Waals surface area contributed by atoms with Crippen LogP contribution in [0, 0.1) is 0 Å². The third-order valence-electron chi connectivity index (χ3n) is 3.94. The number of rotatable bonds is 6. The van der Waals surface area contributed by atoms with Gasteiger partial charge in [0.25, 0.3) is 0 Å². The average Bonchev–Trinajstić information content (AvgIpc) is 3.25. The van der Waals surface area contributed by atoms with Gasteiger partial charge in [-0.1, -0.05) is 5.16 Å². The van der Waals surface area contributed by atoms with Crippen LogP contribution in [0.4, 0.5) is 0 Å². The van der Waals surface area contributed by atoms with E-state index < -0.39 is 0 Å². The lowest BCUT2D eigenvalue weighted by atomic mass is 10.2. The van der Waals surface area contributed by atoms with Crippen molar-refractivity contribution in [1.82, 2.24) is 20.4 Å². The Bertz CT molecular complexity index is 608.